The van der Waals surface area contributed by atoms with Crippen molar-refractivity contribution in [2.24, 2.45) is 5.92 Å². The van der Waals surface area contributed by atoms with Crippen LogP contribution in [0.2, 0.25) is 0 Å². The fraction of sp³-hybridized carbons (Fsp3) is 0.222. The molecule has 7 nitrogen and oxygen atoms in total. The van der Waals surface area contributed by atoms with Gasteiger partial charge in [0.15, 0.2) is 5.65 Å². The minimum absolute atomic E-state index is 0.0242. The Kier molecular flexibility index (Phi) is 4.47. The van der Waals surface area contributed by atoms with Crippen LogP contribution in [0.3, 0.4) is 0 Å². The maximum Gasteiger partial charge on any atom is 0.271 e. The number of nitrogens with one attached hydrogen (secondary N) is 2. The Labute approximate surface area is 145 Å². The number of imidazole rings is 1. The van der Waals surface area contributed by atoms with Crippen molar-refractivity contribution in [1.29, 1.82) is 0 Å². The molecule has 0 aliphatic heterocycles. The van der Waals surface area contributed by atoms with Crippen molar-refractivity contribution in [2.75, 3.05) is 12.4 Å². The molecule has 3 aromatic rings. The number of carbonyl (C=O) groups excluding carboxylic acids is 2. The highest BCUT2D eigenvalue weighted by molar-refractivity contribution is 5.92. The smallest absolute Gasteiger partial charge is 0.271 e. The lowest BCUT2D eigenvalue weighted by atomic mass is 10.1. The van der Waals surface area contributed by atoms with E-state index < -0.39 is 0 Å². The summed E-state index contributed by atoms with van der Waals surface area (Å²) in [5, 5.41) is 5.42. The van der Waals surface area contributed by atoms with Crippen LogP contribution in [-0.4, -0.2) is 33.2 Å². The normalized spacial score (nSPS) is 10.9. The fourth-order valence-corrected chi connectivity index (χ4v) is 2.36. The predicted molar refractivity (Wildman–Crippen MR) is 95.3 cm³/mol. The van der Waals surface area contributed by atoms with Crippen molar-refractivity contribution < 1.29 is 9.59 Å². The monoisotopic (exact) mass is 337 g/mol. The van der Waals surface area contributed by atoms with Gasteiger partial charge in [0.1, 0.15) is 5.69 Å². The van der Waals surface area contributed by atoms with Crippen molar-refractivity contribution >= 4 is 23.1 Å². The zero-order chi connectivity index (χ0) is 18.0. The quantitative estimate of drug-likeness (QED) is 0.765. The Hall–Kier alpha value is -3.22. The van der Waals surface area contributed by atoms with Crippen LogP contribution in [0.15, 0.2) is 42.9 Å². The van der Waals surface area contributed by atoms with Crippen LogP contribution in [0, 0.1) is 5.92 Å². The van der Waals surface area contributed by atoms with E-state index in [0.717, 1.165) is 16.9 Å². The highest BCUT2D eigenvalue weighted by Crippen LogP contribution is 2.23. The standard InChI is InChI=1S/C18H19N5O2/c1-11(2)17(24)22-13-6-4-12(5-7-13)15-8-21-16-9-20-14(10-23(15)16)18(25)19-3/h4-11H,1-3H3,(H,19,25)(H,22,24). The molecule has 3 rings (SSSR count). The summed E-state index contributed by atoms with van der Waals surface area (Å²) in [5.41, 5.74) is 3.47. The van der Waals surface area contributed by atoms with Gasteiger partial charge in [-0.15, -0.1) is 0 Å². The van der Waals surface area contributed by atoms with E-state index in [0.29, 0.717) is 11.3 Å². The Bertz CT molecular complexity index is 928. The summed E-state index contributed by atoms with van der Waals surface area (Å²) in [4.78, 5) is 32.0. The number of aromatic nitrogens is 3. The molecule has 0 saturated carbocycles. The van der Waals surface area contributed by atoms with Crippen LogP contribution in [0.4, 0.5) is 5.69 Å². The maximum atomic E-state index is 11.8. The van der Waals surface area contributed by atoms with E-state index in [4.69, 9.17) is 0 Å². The summed E-state index contributed by atoms with van der Waals surface area (Å²) >= 11 is 0. The number of carbonyl (C=O) groups is 2. The molecular weight excluding hydrogens is 318 g/mol. The van der Waals surface area contributed by atoms with Gasteiger partial charge in [-0.2, -0.15) is 0 Å². The second-order valence-electron chi connectivity index (χ2n) is 5.94. The molecule has 0 radical (unpaired) electrons. The summed E-state index contributed by atoms with van der Waals surface area (Å²) in [7, 11) is 1.56. The van der Waals surface area contributed by atoms with Crippen LogP contribution in [0.1, 0.15) is 24.3 Å². The molecule has 0 aliphatic rings. The number of nitrogens with zero attached hydrogens (tertiary/aromatic N) is 3. The van der Waals surface area contributed by atoms with Crippen molar-refractivity contribution in [3.8, 4) is 11.3 Å². The molecule has 0 spiro atoms. The van der Waals surface area contributed by atoms with Gasteiger partial charge < -0.3 is 10.6 Å². The Balaban J connectivity index is 1.93. The molecule has 2 N–H and O–H groups in total. The zero-order valence-electron chi connectivity index (χ0n) is 14.3. The molecule has 7 heteroatoms. The number of benzene rings is 1. The highest BCUT2D eigenvalue weighted by atomic mass is 16.2. The number of amides is 2. The first kappa shape index (κ1) is 16.6. The van der Waals surface area contributed by atoms with E-state index in [1.807, 2.05) is 42.5 Å². The third-order valence-electron chi connectivity index (χ3n) is 3.83. The van der Waals surface area contributed by atoms with Gasteiger partial charge in [-0.05, 0) is 12.1 Å². The van der Waals surface area contributed by atoms with Gasteiger partial charge >= 0.3 is 0 Å². The summed E-state index contributed by atoms with van der Waals surface area (Å²) in [5.74, 6) is -0.355. The van der Waals surface area contributed by atoms with Crippen LogP contribution in [-0.2, 0) is 4.79 Å². The van der Waals surface area contributed by atoms with Gasteiger partial charge in [-0.25, -0.2) is 9.97 Å². The Morgan fingerprint density at radius 3 is 2.44 bits per heavy atom. The average Bonchev–Trinajstić information content (AvgIpc) is 3.04. The summed E-state index contributed by atoms with van der Waals surface area (Å²) in [6.07, 6.45) is 4.95. The van der Waals surface area contributed by atoms with Gasteiger partial charge in [0.05, 0.1) is 18.1 Å². The number of hydrogen-bond acceptors (Lipinski definition) is 4. The van der Waals surface area contributed by atoms with Gasteiger partial charge in [0, 0.05) is 30.4 Å². The molecule has 25 heavy (non-hydrogen) atoms. The largest absolute Gasteiger partial charge is 0.354 e. The maximum absolute atomic E-state index is 11.8. The van der Waals surface area contributed by atoms with Crippen molar-refractivity contribution in [3.05, 3.63) is 48.5 Å². The minimum Gasteiger partial charge on any atom is -0.354 e. The molecule has 0 saturated heterocycles. The van der Waals surface area contributed by atoms with E-state index in [2.05, 4.69) is 20.6 Å². The van der Waals surface area contributed by atoms with E-state index >= 15 is 0 Å². The van der Waals surface area contributed by atoms with E-state index in [1.165, 1.54) is 0 Å². The first-order valence-corrected chi connectivity index (χ1v) is 7.96. The van der Waals surface area contributed by atoms with Crippen LogP contribution in [0.5, 0.6) is 0 Å². The van der Waals surface area contributed by atoms with Crippen molar-refractivity contribution in [3.63, 3.8) is 0 Å². The lowest BCUT2D eigenvalue weighted by Crippen LogP contribution is -2.19. The van der Waals surface area contributed by atoms with Gasteiger partial charge in [-0.1, -0.05) is 26.0 Å². The Morgan fingerprint density at radius 2 is 1.80 bits per heavy atom. The van der Waals surface area contributed by atoms with Crippen molar-refractivity contribution in [2.45, 2.75) is 13.8 Å². The lowest BCUT2D eigenvalue weighted by molar-refractivity contribution is -0.118. The summed E-state index contributed by atoms with van der Waals surface area (Å²) < 4.78 is 1.82. The predicted octanol–water partition coefficient (Wildman–Crippen LogP) is 2.35. The number of anilines is 1. The second kappa shape index (κ2) is 6.72. The first-order valence-electron chi connectivity index (χ1n) is 7.96. The molecule has 0 unspecified atom stereocenters. The minimum atomic E-state index is -0.256. The highest BCUT2D eigenvalue weighted by Gasteiger charge is 2.11. The van der Waals surface area contributed by atoms with E-state index in [9.17, 15) is 9.59 Å². The van der Waals surface area contributed by atoms with Crippen molar-refractivity contribution in [1.82, 2.24) is 19.7 Å². The van der Waals surface area contributed by atoms with Gasteiger partial charge in [0.2, 0.25) is 5.91 Å². The third-order valence-corrected chi connectivity index (χ3v) is 3.83. The topological polar surface area (TPSA) is 88.4 Å². The molecule has 0 bridgehead atoms. The van der Waals surface area contributed by atoms with Crippen LogP contribution in [0.25, 0.3) is 16.9 Å². The summed E-state index contributed by atoms with van der Waals surface area (Å²) in [6, 6.07) is 7.49. The molecule has 0 atom stereocenters. The molecule has 0 fully saturated rings. The van der Waals surface area contributed by atoms with Crippen LogP contribution < -0.4 is 10.6 Å². The van der Waals surface area contributed by atoms with E-state index in [-0.39, 0.29) is 17.7 Å². The molecule has 1 aromatic carbocycles. The first-order chi connectivity index (χ1) is 12.0. The third kappa shape index (κ3) is 3.35. The molecule has 0 aliphatic carbocycles. The molecular formula is C18H19N5O2. The van der Waals surface area contributed by atoms with Gasteiger partial charge in [0.25, 0.3) is 5.91 Å². The molecule has 2 heterocycles. The lowest BCUT2D eigenvalue weighted by Gasteiger charge is -2.09. The molecule has 128 valence electrons. The SMILES string of the molecule is CNC(=O)c1cn2c(-c3ccc(NC(=O)C(C)C)cc3)cnc2cn1. The fourth-order valence-electron chi connectivity index (χ4n) is 2.36. The zero-order valence-corrected chi connectivity index (χ0v) is 14.3. The number of fused-ring (bicyclic) bond motifs is 1. The second-order valence-corrected chi connectivity index (χ2v) is 5.94. The molecule has 2 aromatic heterocycles. The van der Waals surface area contributed by atoms with Gasteiger partial charge in [-0.3, -0.25) is 14.0 Å². The summed E-state index contributed by atoms with van der Waals surface area (Å²) in [6.45, 7) is 3.69. The molecule has 2 amide bonds. The number of hydrogen-bond donors (Lipinski definition) is 2. The number of rotatable bonds is 4. The average molecular weight is 337 g/mol. The van der Waals surface area contributed by atoms with E-state index in [1.54, 1.807) is 25.6 Å². The Morgan fingerprint density at radius 1 is 1.08 bits per heavy atom. The van der Waals surface area contributed by atoms with Crippen LogP contribution >= 0.6 is 0 Å².